The van der Waals surface area contributed by atoms with Gasteiger partial charge >= 0.3 is 0 Å². The van der Waals surface area contributed by atoms with E-state index in [2.05, 4.69) is 43.1 Å². The van der Waals surface area contributed by atoms with Crippen molar-refractivity contribution < 1.29 is 0 Å². The van der Waals surface area contributed by atoms with Gasteiger partial charge in [-0.1, -0.05) is 19.1 Å². The van der Waals surface area contributed by atoms with E-state index in [0.29, 0.717) is 0 Å². The van der Waals surface area contributed by atoms with Gasteiger partial charge in [-0.25, -0.2) is 0 Å². The molecule has 2 rings (SSSR count). The Hall–Kier alpha value is -0.730. The SMILES string of the molecule is CCc1csc(-c2cccc(S)c2)c1. The van der Waals surface area contributed by atoms with Crippen molar-refractivity contribution in [1.82, 2.24) is 0 Å². The number of aryl methyl sites for hydroxylation is 1. The Kier molecular flexibility index (Phi) is 2.94. The molecule has 0 aliphatic heterocycles. The number of rotatable bonds is 2. The molecule has 0 atom stereocenters. The summed E-state index contributed by atoms with van der Waals surface area (Å²) in [6.45, 7) is 2.18. The second kappa shape index (κ2) is 4.20. The van der Waals surface area contributed by atoms with Gasteiger partial charge in [-0.2, -0.15) is 0 Å². The van der Waals surface area contributed by atoms with E-state index in [1.807, 2.05) is 12.1 Å². The molecule has 0 amide bonds. The number of benzene rings is 1. The van der Waals surface area contributed by atoms with Crippen LogP contribution in [0.15, 0.2) is 40.6 Å². The van der Waals surface area contributed by atoms with Crippen LogP contribution in [-0.2, 0) is 6.42 Å². The molecular formula is C12H12S2. The Balaban J connectivity index is 2.39. The molecule has 0 aliphatic carbocycles. The fourth-order valence-corrected chi connectivity index (χ4v) is 2.59. The minimum absolute atomic E-state index is 1.02. The fraction of sp³-hybridized carbons (Fsp3) is 0.167. The van der Waals surface area contributed by atoms with Gasteiger partial charge in [0.2, 0.25) is 0 Å². The molecule has 72 valence electrons. The van der Waals surface area contributed by atoms with Crippen LogP contribution in [0.25, 0.3) is 10.4 Å². The van der Waals surface area contributed by atoms with Gasteiger partial charge in [0, 0.05) is 9.77 Å². The molecule has 1 aromatic heterocycles. The van der Waals surface area contributed by atoms with Crippen molar-refractivity contribution >= 4 is 24.0 Å². The Morgan fingerprint density at radius 2 is 2.14 bits per heavy atom. The Labute approximate surface area is 94.0 Å². The van der Waals surface area contributed by atoms with Crippen LogP contribution >= 0.6 is 24.0 Å². The van der Waals surface area contributed by atoms with Gasteiger partial charge < -0.3 is 0 Å². The number of thiophene rings is 1. The quantitative estimate of drug-likeness (QED) is 0.718. The molecule has 2 aromatic rings. The number of thiol groups is 1. The molecule has 0 saturated carbocycles. The maximum Gasteiger partial charge on any atom is 0.0345 e. The normalized spacial score (nSPS) is 10.4. The lowest BCUT2D eigenvalue weighted by Gasteiger charge is -1.97. The van der Waals surface area contributed by atoms with Crippen LogP contribution in [0.2, 0.25) is 0 Å². The van der Waals surface area contributed by atoms with Crippen molar-refractivity contribution in [1.29, 1.82) is 0 Å². The topological polar surface area (TPSA) is 0 Å². The van der Waals surface area contributed by atoms with E-state index in [4.69, 9.17) is 0 Å². The number of hydrogen-bond donors (Lipinski definition) is 1. The fourth-order valence-electron chi connectivity index (χ4n) is 1.37. The largest absolute Gasteiger partial charge is 0.144 e. The van der Waals surface area contributed by atoms with Crippen molar-refractivity contribution in [2.75, 3.05) is 0 Å². The van der Waals surface area contributed by atoms with E-state index in [-0.39, 0.29) is 0 Å². The van der Waals surface area contributed by atoms with E-state index in [0.717, 1.165) is 11.3 Å². The monoisotopic (exact) mass is 220 g/mol. The van der Waals surface area contributed by atoms with Crippen molar-refractivity contribution in [2.24, 2.45) is 0 Å². The van der Waals surface area contributed by atoms with E-state index >= 15 is 0 Å². The molecule has 0 saturated heterocycles. The first-order chi connectivity index (χ1) is 6.79. The summed E-state index contributed by atoms with van der Waals surface area (Å²) in [7, 11) is 0. The highest BCUT2D eigenvalue weighted by atomic mass is 32.1. The number of hydrogen-bond acceptors (Lipinski definition) is 2. The third kappa shape index (κ3) is 2.02. The van der Waals surface area contributed by atoms with Gasteiger partial charge in [-0.15, -0.1) is 24.0 Å². The van der Waals surface area contributed by atoms with Crippen LogP contribution in [0.5, 0.6) is 0 Å². The molecule has 0 radical (unpaired) electrons. The summed E-state index contributed by atoms with van der Waals surface area (Å²) in [6, 6.07) is 10.5. The van der Waals surface area contributed by atoms with Gasteiger partial charge in [0.05, 0.1) is 0 Å². The van der Waals surface area contributed by atoms with Crippen molar-refractivity contribution in [2.45, 2.75) is 18.2 Å². The van der Waals surface area contributed by atoms with Crippen molar-refractivity contribution in [3.8, 4) is 10.4 Å². The van der Waals surface area contributed by atoms with Gasteiger partial charge in [0.25, 0.3) is 0 Å². The predicted molar refractivity (Wildman–Crippen MR) is 66.4 cm³/mol. The first-order valence-electron chi connectivity index (χ1n) is 4.66. The molecule has 0 fully saturated rings. The second-order valence-corrected chi connectivity index (χ2v) is 4.65. The summed E-state index contributed by atoms with van der Waals surface area (Å²) in [4.78, 5) is 2.35. The molecule has 0 N–H and O–H groups in total. The highest BCUT2D eigenvalue weighted by Crippen LogP contribution is 2.28. The average Bonchev–Trinajstić information content (AvgIpc) is 2.66. The smallest absolute Gasteiger partial charge is 0.0345 e. The van der Waals surface area contributed by atoms with Gasteiger partial charge in [-0.3, -0.25) is 0 Å². The first-order valence-corrected chi connectivity index (χ1v) is 5.99. The summed E-state index contributed by atoms with van der Waals surface area (Å²) < 4.78 is 0. The summed E-state index contributed by atoms with van der Waals surface area (Å²) in [6.07, 6.45) is 1.11. The maximum atomic E-state index is 4.34. The Bertz CT molecular complexity index is 429. The predicted octanol–water partition coefficient (Wildman–Crippen LogP) is 4.27. The molecule has 1 aromatic carbocycles. The molecule has 14 heavy (non-hydrogen) atoms. The van der Waals surface area contributed by atoms with Crippen molar-refractivity contribution in [3.63, 3.8) is 0 Å². The molecule has 0 unspecified atom stereocenters. The van der Waals surface area contributed by atoms with E-state index in [1.54, 1.807) is 11.3 Å². The lowest BCUT2D eigenvalue weighted by atomic mass is 10.1. The van der Waals surface area contributed by atoms with Crippen LogP contribution in [0.1, 0.15) is 12.5 Å². The molecule has 2 heteroatoms. The minimum atomic E-state index is 1.02. The van der Waals surface area contributed by atoms with Crippen LogP contribution in [0.3, 0.4) is 0 Å². The van der Waals surface area contributed by atoms with Crippen molar-refractivity contribution in [3.05, 3.63) is 41.3 Å². The lowest BCUT2D eigenvalue weighted by Crippen LogP contribution is -1.73. The first kappa shape index (κ1) is 9.81. The van der Waals surface area contributed by atoms with Crippen LogP contribution < -0.4 is 0 Å². The Morgan fingerprint density at radius 3 is 2.79 bits per heavy atom. The second-order valence-electron chi connectivity index (χ2n) is 3.22. The third-order valence-corrected chi connectivity index (χ3v) is 3.50. The molecule has 0 aliphatic rings. The minimum Gasteiger partial charge on any atom is -0.144 e. The summed E-state index contributed by atoms with van der Waals surface area (Å²) in [5.74, 6) is 0. The molecule has 0 nitrogen and oxygen atoms in total. The highest BCUT2D eigenvalue weighted by Gasteiger charge is 2.01. The Morgan fingerprint density at radius 1 is 1.29 bits per heavy atom. The van der Waals surface area contributed by atoms with Gasteiger partial charge in [-0.05, 0) is 41.1 Å². The third-order valence-electron chi connectivity index (χ3n) is 2.19. The zero-order chi connectivity index (χ0) is 9.97. The van der Waals surface area contributed by atoms with Gasteiger partial charge in [0.15, 0.2) is 0 Å². The zero-order valence-electron chi connectivity index (χ0n) is 8.03. The zero-order valence-corrected chi connectivity index (χ0v) is 9.74. The standard InChI is InChI=1S/C12H12S2/c1-2-9-6-12(14-8-9)10-4-3-5-11(13)7-10/h3-8,13H,2H2,1H3. The lowest BCUT2D eigenvalue weighted by molar-refractivity contribution is 1.16. The molecular weight excluding hydrogens is 208 g/mol. The average molecular weight is 220 g/mol. The van der Waals surface area contributed by atoms with Crippen LogP contribution in [-0.4, -0.2) is 0 Å². The summed E-state index contributed by atoms with van der Waals surface area (Å²) >= 11 is 6.14. The van der Waals surface area contributed by atoms with Crippen LogP contribution in [0, 0.1) is 0 Å². The van der Waals surface area contributed by atoms with Crippen LogP contribution in [0.4, 0.5) is 0 Å². The molecule has 1 heterocycles. The van der Waals surface area contributed by atoms with E-state index in [9.17, 15) is 0 Å². The maximum absolute atomic E-state index is 4.34. The van der Waals surface area contributed by atoms with E-state index in [1.165, 1.54) is 16.0 Å². The molecule has 0 bridgehead atoms. The highest BCUT2D eigenvalue weighted by molar-refractivity contribution is 7.80. The summed E-state index contributed by atoms with van der Waals surface area (Å²) in [5, 5.41) is 2.22. The van der Waals surface area contributed by atoms with E-state index < -0.39 is 0 Å². The summed E-state index contributed by atoms with van der Waals surface area (Å²) in [5.41, 5.74) is 2.68. The van der Waals surface area contributed by atoms with Gasteiger partial charge in [0.1, 0.15) is 0 Å². The molecule has 0 spiro atoms.